The topological polar surface area (TPSA) is 112 Å². The van der Waals surface area contributed by atoms with Crippen molar-refractivity contribution in [2.24, 2.45) is 0 Å². The molecule has 3 aromatic rings. The monoisotopic (exact) mass is 313 g/mol. The summed E-state index contributed by atoms with van der Waals surface area (Å²) >= 11 is 0. The molecule has 0 aromatic carbocycles. The van der Waals surface area contributed by atoms with Crippen LogP contribution in [0.5, 0.6) is 0 Å². The van der Waals surface area contributed by atoms with E-state index in [2.05, 4.69) is 30.6 Å². The third kappa shape index (κ3) is 3.39. The number of nitrogens with zero attached hydrogens (tertiary/aromatic N) is 6. The van der Waals surface area contributed by atoms with Crippen LogP contribution in [0.2, 0.25) is 0 Å². The van der Waals surface area contributed by atoms with Crippen LogP contribution in [0.3, 0.4) is 0 Å². The molecule has 0 aliphatic heterocycles. The smallest absolute Gasteiger partial charge is 0.270 e. The number of aromatic nitrogens is 6. The first-order chi connectivity index (χ1) is 11.1. The van der Waals surface area contributed by atoms with Gasteiger partial charge in [-0.05, 0) is 12.1 Å². The molecule has 0 saturated heterocycles. The number of pyridine rings is 1. The lowest BCUT2D eigenvalue weighted by Crippen LogP contribution is -2.24. The highest BCUT2D eigenvalue weighted by Crippen LogP contribution is 2.10. The molecule has 0 fully saturated rings. The number of carbonyl (C=O) groups is 1. The van der Waals surface area contributed by atoms with Gasteiger partial charge in [-0.25, -0.2) is 4.98 Å². The zero-order valence-corrected chi connectivity index (χ0v) is 12.7. The van der Waals surface area contributed by atoms with Crippen LogP contribution in [0.4, 0.5) is 0 Å². The molecular formula is C14H15N7O2. The van der Waals surface area contributed by atoms with Crippen LogP contribution in [0.1, 0.15) is 42.0 Å². The van der Waals surface area contributed by atoms with Crippen LogP contribution < -0.4 is 5.32 Å². The van der Waals surface area contributed by atoms with E-state index in [-0.39, 0.29) is 24.1 Å². The van der Waals surface area contributed by atoms with E-state index in [1.54, 1.807) is 22.8 Å². The Morgan fingerprint density at radius 3 is 2.74 bits per heavy atom. The Bertz CT molecular complexity index is 795. The zero-order valence-electron chi connectivity index (χ0n) is 12.7. The average Bonchev–Trinajstić information content (AvgIpc) is 3.24. The van der Waals surface area contributed by atoms with E-state index in [1.807, 2.05) is 13.8 Å². The Labute approximate surface area is 131 Å². The zero-order chi connectivity index (χ0) is 16.2. The molecule has 0 unspecified atom stereocenters. The molecule has 0 saturated carbocycles. The second-order valence-corrected chi connectivity index (χ2v) is 5.14. The first-order valence-electron chi connectivity index (χ1n) is 7.06. The Balaban J connectivity index is 1.67. The van der Waals surface area contributed by atoms with E-state index < -0.39 is 0 Å². The highest BCUT2D eigenvalue weighted by atomic mass is 16.5. The van der Waals surface area contributed by atoms with Gasteiger partial charge in [-0.3, -0.25) is 9.36 Å². The third-order valence-corrected chi connectivity index (χ3v) is 3.04. The lowest BCUT2D eigenvalue weighted by atomic mass is 10.2. The largest absolute Gasteiger partial charge is 0.343 e. The summed E-state index contributed by atoms with van der Waals surface area (Å²) in [5, 5.41) is 14.0. The highest BCUT2D eigenvalue weighted by molar-refractivity contribution is 5.92. The van der Waals surface area contributed by atoms with Crippen molar-refractivity contribution in [2.45, 2.75) is 26.3 Å². The fourth-order valence-corrected chi connectivity index (χ4v) is 1.84. The number of carbonyl (C=O) groups excluding carboxylic acids is 1. The minimum Gasteiger partial charge on any atom is -0.343 e. The van der Waals surface area contributed by atoms with Gasteiger partial charge in [0.15, 0.2) is 5.82 Å². The number of hydrogen-bond donors (Lipinski definition) is 1. The molecule has 3 rings (SSSR count). The van der Waals surface area contributed by atoms with Gasteiger partial charge in [-0.2, -0.15) is 4.98 Å². The average molecular weight is 313 g/mol. The summed E-state index contributed by atoms with van der Waals surface area (Å²) < 4.78 is 6.70. The Morgan fingerprint density at radius 1 is 1.26 bits per heavy atom. The first kappa shape index (κ1) is 14.8. The normalized spacial score (nSPS) is 10.9. The quantitative estimate of drug-likeness (QED) is 0.750. The lowest BCUT2D eigenvalue weighted by Gasteiger charge is -2.04. The van der Waals surface area contributed by atoms with Crippen molar-refractivity contribution in [2.75, 3.05) is 0 Å². The number of hydrogen-bond acceptors (Lipinski definition) is 7. The van der Waals surface area contributed by atoms with E-state index in [9.17, 15) is 4.79 Å². The summed E-state index contributed by atoms with van der Waals surface area (Å²) in [6, 6.07) is 5.12. The second kappa shape index (κ2) is 6.34. The maximum Gasteiger partial charge on any atom is 0.270 e. The number of nitrogens with one attached hydrogen (secondary N) is 1. The number of amides is 1. The molecule has 0 bridgehead atoms. The molecule has 3 heterocycles. The van der Waals surface area contributed by atoms with Crippen LogP contribution in [0.25, 0.3) is 5.82 Å². The van der Waals surface area contributed by atoms with Gasteiger partial charge < -0.3 is 9.84 Å². The summed E-state index contributed by atoms with van der Waals surface area (Å²) in [4.78, 5) is 20.6. The van der Waals surface area contributed by atoms with E-state index in [0.29, 0.717) is 17.5 Å². The van der Waals surface area contributed by atoms with Crippen molar-refractivity contribution in [3.8, 4) is 5.82 Å². The van der Waals surface area contributed by atoms with E-state index in [4.69, 9.17) is 4.52 Å². The second-order valence-electron chi connectivity index (χ2n) is 5.14. The van der Waals surface area contributed by atoms with Gasteiger partial charge in [0.1, 0.15) is 24.2 Å². The Morgan fingerprint density at radius 2 is 2.04 bits per heavy atom. The number of rotatable bonds is 5. The summed E-state index contributed by atoms with van der Waals surface area (Å²) in [5.74, 6) is 1.35. The van der Waals surface area contributed by atoms with E-state index in [0.717, 1.165) is 0 Å². The van der Waals surface area contributed by atoms with Crippen molar-refractivity contribution in [3.63, 3.8) is 0 Å². The Hall–Kier alpha value is -3.10. The summed E-state index contributed by atoms with van der Waals surface area (Å²) in [5.41, 5.74) is 0.281. The molecule has 3 aromatic heterocycles. The van der Waals surface area contributed by atoms with Crippen LogP contribution >= 0.6 is 0 Å². The predicted octanol–water partition coefficient (Wildman–Crippen LogP) is 1.10. The molecule has 118 valence electrons. The summed E-state index contributed by atoms with van der Waals surface area (Å²) in [6.45, 7) is 4.08. The van der Waals surface area contributed by atoms with Crippen molar-refractivity contribution in [1.82, 2.24) is 35.2 Å². The van der Waals surface area contributed by atoms with Crippen LogP contribution in [-0.2, 0) is 6.54 Å². The first-order valence-corrected chi connectivity index (χ1v) is 7.06. The maximum atomic E-state index is 12.2. The highest BCUT2D eigenvalue weighted by Gasteiger charge is 2.13. The van der Waals surface area contributed by atoms with Gasteiger partial charge in [-0.15, -0.1) is 10.2 Å². The van der Waals surface area contributed by atoms with Gasteiger partial charge >= 0.3 is 0 Å². The molecule has 0 radical (unpaired) electrons. The lowest BCUT2D eigenvalue weighted by molar-refractivity contribution is 0.0944. The molecule has 0 aliphatic carbocycles. The molecule has 23 heavy (non-hydrogen) atoms. The minimum absolute atomic E-state index is 0.147. The van der Waals surface area contributed by atoms with E-state index in [1.165, 1.54) is 12.7 Å². The summed E-state index contributed by atoms with van der Waals surface area (Å²) in [6.07, 6.45) is 3.02. The fourth-order valence-electron chi connectivity index (χ4n) is 1.84. The van der Waals surface area contributed by atoms with Crippen LogP contribution in [-0.4, -0.2) is 35.8 Å². The standard InChI is InChI=1S/C14H15N7O2/c1-9(2)14-19-11(20-23-14)6-15-13(22)10-4-3-5-12(18-10)21-7-16-17-8-21/h3-5,7-9H,6H2,1-2H3,(H,15,22). The molecule has 0 spiro atoms. The molecule has 9 heteroatoms. The molecule has 9 nitrogen and oxygen atoms in total. The van der Waals surface area contributed by atoms with Crippen molar-refractivity contribution in [1.29, 1.82) is 0 Å². The van der Waals surface area contributed by atoms with Crippen molar-refractivity contribution < 1.29 is 9.32 Å². The summed E-state index contributed by atoms with van der Waals surface area (Å²) in [7, 11) is 0. The molecule has 1 N–H and O–H groups in total. The molecule has 0 aliphatic rings. The Kier molecular flexibility index (Phi) is 4.09. The van der Waals surface area contributed by atoms with Crippen molar-refractivity contribution >= 4 is 5.91 Å². The van der Waals surface area contributed by atoms with Crippen LogP contribution in [0.15, 0.2) is 35.4 Å². The third-order valence-electron chi connectivity index (χ3n) is 3.04. The van der Waals surface area contributed by atoms with Gasteiger partial charge in [0.25, 0.3) is 5.91 Å². The van der Waals surface area contributed by atoms with Gasteiger partial charge in [0, 0.05) is 5.92 Å². The molecule has 1 amide bonds. The molecule has 0 atom stereocenters. The SMILES string of the molecule is CC(C)c1nc(CNC(=O)c2cccc(-n3cnnc3)n2)no1. The van der Waals surface area contributed by atoms with E-state index >= 15 is 0 Å². The van der Waals surface area contributed by atoms with Gasteiger partial charge in [0.2, 0.25) is 5.89 Å². The maximum absolute atomic E-state index is 12.2. The van der Waals surface area contributed by atoms with Gasteiger partial charge in [-0.1, -0.05) is 25.1 Å². The fraction of sp³-hybridized carbons (Fsp3) is 0.286. The van der Waals surface area contributed by atoms with Crippen LogP contribution in [0, 0.1) is 0 Å². The minimum atomic E-state index is -0.323. The molecular weight excluding hydrogens is 298 g/mol. The van der Waals surface area contributed by atoms with Crippen molar-refractivity contribution in [3.05, 3.63) is 48.3 Å². The van der Waals surface area contributed by atoms with Gasteiger partial charge in [0.05, 0.1) is 6.54 Å². The predicted molar refractivity (Wildman–Crippen MR) is 78.7 cm³/mol.